The lowest BCUT2D eigenvalue weighted by molar-refractivity contribution is 0.472. The summed E-state index contributed by atoms with van der Waals surface area (Å²) in [6.45, 7) is 0.631. The summed E-state index contributed by atoms with van der Waals surface area (Å²) in [4.78, 5) is 27.5. The van der Waals surface area contributed by atoms with E-state index >= 15 is 0 Å². The van der Waals surface area contributed by atoms with Gasteiger partial charge < -0.3 is 10.7 Å². The number of nitrogens with two attached hydrogens (primary N) is 1. The monoisotopic (exact) mass is 346 g/mol. The van der Waals surface area contributed by atoms with Gasteiger partial charge in [-0.2, -0.15) is 4.31 Å². The molecule has 1 aliphatic heterocycles. The van der Waals surface area contributed by atoms with Crippen LogP contribution in [0.1, 0.15) is 6.42 Å². The molecular formula is C12H15ClN4O4S. The van der Waals surface area contributed by atoms with Crippen molar-refractivity contribution in [2.24, 2.45) is 5.73 Å². The van der Waals surface area contributed by atoms with E-state index in [9.17, 15) is 18.0 Å². The van der Waals surface area contributed by atoms with Crippen LogP contribution in [-0.2, 0) is 10.0 Å². The van der Waals surface area contributed by atoms with E-state index in [2.05, 4.69) is 9.97 Å². The van der Waals surface area contributed by atoms with Crippen LogP contribution >= 0.6 is 12.4 Å². The summed E-state index contributed by atoms with van der Waals surface area (Å²) in [7, 11) is -3.68. The summed E-state index contributed by atoms with van der Waals surface area (Å²) in [6, 6.07) is 3.88. The molecule has 8 nitrogen and oxygen atoms in total. The molecule has 1 saturated heterocycles. The molecule has 1 aromatic heterocycles. The minimum Gasteiger partial charge on any atom is -0.326 e. The van der Waals surface area contributed by atoms with Crippen LogP contribution in [0.15, 0.2) is 32.7 Å². The maximum absolute atomic E-state index is 12.5. The lowest BCUT2D eigenvalue weighted by Gasteiger charge is -2.16. The number of aromatic amines is 2. The van der Waals surface area contributed by atoms with Crippen molar-refractivity contribution in [2.75, 3.05) is 13.1 Å². The van der Waals surface area contributed by atoms with Gasteiger partial charge in [-0.1, -0.05) is 0 Å². The SMILES string of the molecule is Cl.N[C@@H]1CCN(S(=O)(=O)c2ccc3[nH]c(=O)[nH]c(=O)c3c2)C1. The number of rotatable bonds is 2. The summed E-state index contributed by atoms with van der Waals surface area (Å²) >= 11 is 0. The molecule has 0 amide bonds. The third kappa shape index (κ3) is 2.80. The van der Waals surface area contributed by atoms with Gasteiger partial charge in [0.25, 0.3) is 5.56 Å². The molecule has 0 aliphatic carbocycles. The maximum Gasteiger partial charge on any atom is 0.326 e. The number of hydrogen-bond donors (Lipinski definition) is 3. The number of benzene rings is 1. The number of hydrogen-bond acceptors (Lipinski definition) is 5. The van der Waals surface area contributed by atoms with Crippen LogP contribution in [0.2, 0.25) is 0 Å². The molecule has 0 unspecified atom stereocenters. The fourth-order valence-corrected chi connectivity index (χ4v) is 3.96. The number of halogens is 1. The van der Waals surface area contributed by atoms with Crippen molar-refractivity contribution in [3.05, 3.63) is 39.0 Å². The molecule has 0 saturated carbocycles. The molecule has 3 rings (SSSR count). The van der Waals surface area contributed by atoms with E-state index in [1.807, 2.05) is 0 Å². The first-order valence-electron chi connectivity index (χ1n) is 6.40. The molecule has 10 heteroatoms. The third-order valence-electron chi connectivity index (χ3n) is 3.54. The molecular weight excluding hydrogens is 332 g/mol. The molecule has 1 atom stereocenters. The van der Waals surface area contributed by atoms with Gasteiger partial charge in [-0.15, -0.1) is 12.4 Å². The van der Waals surface area contributed by atoms with E-state index in [1.54, 1.807) is 0 Å². The van der Waals surface area contributed by atoms with Crippen LogP contribution in [0.4, 0.5) is 0 Å². The van der Waals surface area contributed by atoms with E-state index in [0.717, 1.165) is 0 Å². The molecule has 0 spiro atoms. The van der Waals surface area contributed by atoms with Crippen molar-refractivity contribution in [2.45, 2.75) is 17.4 Å². The Balaban J connectivity index is 0.00000176. The predicted molar refractivity (Wildman–Crippen MR) is 83.8 cm³/mol. The zero-order chi connectivity index (χ0) is 15.2. The Morgan fingerprint density at radius 1 is 1.23 bits per heavy atom. The minimum atomic E-state index is -3.68. The predicted octanol–water partition coefficient (Wildman–Crippen LogP) is -0.640. The highest BCUT2D eigenvalue weighted by Crippen LogP contribution is 2.22. The van der Waals surface area contributed by atoms with Crippen LogP contribution in [0.25, 0.3) is 10.9 Å². The highest BCUT2D eigenvalue weighted by atomic mass is 35.5. The highest BCUT2D eigenvalue weighted by molar-refractivity contribution is 7.89. The molecule has 0 bridgehead atoms. The standard InChI is InChI=1S/C12H14N4O4S.ClH/c13-7-3-4-16(6-7)21(19,20)8-1-2-10-9(5-8)11(17)15-12(18)14-10;/h1-2,5,7H,3-4,6,13H2,(H2,14,15,17,18);1H/t7-;/m1./s1. The fourth-order valence-electron chi connectivity index (χ4n) is 2.43. The van der Waals surface area contributed by atoms with E-state index in [-0.39, 0.29) is 35.3 Å². The van der Waals surface area contributed by atoms with Crippen molar-refractivity contribution in [3.63, 3.8) is 0 Å². The third-order valence-corrected chi connectivity index (χ3v) is 5.40. The van der Waals surface area contributed by atoms with Gasteiger partial charge in [0.15, 0.2) is 0 Å². The number of nitrogens with zero attached hydrogens (tertiary/aromatic N) is 1. The van der Waals surface area contributed by atoms with Gasteiger partial charge in [-0.3, -0.25) is 9.78 Å². The van der Waals surface area contributed by atoms with E-state index < -0.39 is 21.3 Å². The van der Waals surface area contributed by atoms with Gasteiger partial charge in [0, 0.05) is 19.1 Å². The second kappa shape index (κ2) is 5.84. The lowest BCUT2D eigenvalue weighted by Crippen LogP contribution is -2.32. The van der Waals surface area contributed by atoms with Crippen LogP contribution in [0.5, 0.6) is 0 Å². The van der Waals surface area contributed by atoms with Crippen molar-refractivity contribution in [3.8, 4) is 0 Å². The smallest absolute Gasteiger partial charge is 0.326 e. The number of sulfonamides is 1. The van der Waals surface area contributed by atoms with E-state index in [4.69, 9.17) is 5.73 Å². The van der Waals surface area contributed by atoms with Gasteiger partial charge in [0.05, 0.1) is 15.8 Å². The van der Waals surface area contributed by atoms with Crippen LogP contribution in [0, 0.1) is 0 Å². The average Bonchev–Trinajstić information content (AvgIpc) is 2.85. The minimum absolute atomic E-state index is 0. The Labute approximate surface area is 131 Å². The highest BCUT2D eigenvalue weighted by Gasteiger charge is 2.31. The normalized spacial score (nSPS) is 19.2. The number of nitrogens with one attached hydrogen (secondary N) is 2. The zero-order valence-corrected chi connectivity index (χ0v) is 13.0. The van der Waals surface area contributed by atoms with Gasteiger partial charge >= 0.3 is 5.69 Å². The van der Waals surface area contributed by atoms with E-state index in [0.29, 0.717) is 18.5 Å². The topological polar surface area (TPSA) is 129 Å². The van der Waals surface area contributed by atoms with Gasteiger partial charge in [0.1, 0.15) is 0 Å². The Morgan fingerprint density at radius 2 is 1.95 bits per heavy atom. The molecule has 4 N–H and O–H groups in total. The summed E-state index contributed by atoms with van der Waals surface area (Å²) in [5, 5.41) is 0.124. The molecule has 1 aliphatic rings. The largest absolute Gasteiger partial charge is 0.326 e. The summed E-state index contributed by atoms with van der Waals surface area (Å²) in [5.41, 5.74) is 4.77. The first-order chi connectivity index (χ1) is 9.88. The number of fused-ring (bicyclic) bond motifs is 1. The van der Waals surface area contributed by atoms with Gasteiger partial charge in [-0.05, 0) is 24.6 Å². The maximum atomic E-state index is 12.5. The number of H-pyrrole nitrogens is 2. The fraction of sp³-hybridized carbons (Fsp3) is 0.333. The van der Waals surface area contributed by atoms with Crippen molar-refractivity contribution in [1.82, 2.24) is 14.3 Å². The lowest BCUT2D eigenvalue weighted by atomic mass is 10.2. The Hall–Kier alpha value is -1.68. The molecule has 120 valence electrons. The average molecular weight is 347 g/mol. The quantitative estimate of drug-likeness (QED) is 0.666. The zero-order valence-electron chi connectivity index (χ0n) is 11.4. The second-order valence-corrected chi connectivity index (χ2v) is 6.97. The molecule has 1 fully saturated rings. The summed E-state index contributed by atoms with van der Waals surface area (Å²) in [6.07, 6.45) is 0.612. The van der Waals surface area contributed by atoms with Crippen LogP contribution in [-0.4, -0.2) is 41.8 Å². The van der Waals surface area contributed by atoms with Gasteiger partial charge in [-0.25, -0.2) is 13.2 Å². The van der Waals surface area contributed by atoms with E-state index in [1.165, 1.54) is 22.5 Å². The van der Waals surface area contributed by atoms with Gasteiger partial charge in [0.2, 0.25) is 10.0 Å². The van der Waals surface area contributed by atoms with Crippen molar-refractivity contribution < 1.29 is 8.42 Å². The first-order valence-corrected chi connectivity index (χ1v) is 7.84. The Bertz CT molecular complexity index is 921. The Morgan fingerprint density at radius 3 is 2.59 bits per heavy atom. The molecule has 0 radical (unpaired) electrons. The molecule has 22 heavy (non-hydrogen) atoms. The second-order valence-electron chi connectivity index (χ2n) is 5.03. The molecule has 2 aromatic rings. The Kier molecular flexibility index (Phi) is 4.43. The summed E-state index contributed by atoms with van der Waals surface area (Å²) < 4.78 is 26.3. The van der Waals surface area contributed by atoms with Crippen LogP contribution in [0.3, 0.4) is 0 Å². The van der Waals surface area contributed by atoms with Crippen molar-refractivity contribution in [1.29, 1.82) is 0 Å². The van der Waals surface area contributed by atoms with Crippen LogP contribution < -0.4 is 17.0 Å². The molecule has 2 heterocycles. The summed E-state index contributed by atoms with van der Waals surface area (Å²) in [5.74, 6) is 0. The molecule has 1 aromatic carbocycles. The first kappa shape index (κ1) is 16.7. The number of aromatic nitrogens is 2. The van der Waals surface area contributed by atoms with Crippen molar-refractivity contribution >= 4 is 33.3 Å².